The second-order valence-electron chi connectivity index (χ2n) is 7.98. The highest BCUT2D eigenvalue weighted by molar-refractivity contribution is 7.92. The molecule has 1 amide bonds. The lowest BCUT2D eigenvalue weighted by Gasteiger charge is -2.36. The minimum Gasteiger partial charge on any atom is -0.495 e. The fourth-order valence-electron chi connectivity index (χ4n) is 4.23. The molecule has 1 aliphatic heterocycles. The number of para-hydroxylation sites is 3. The van der Waals surface area contributed by atoms with Crippen LogP contribution >= 0.6 is 0 Å². The normalized spacial score (nSPS) is 14.1. The molecule has 3 aromatic carbocycles. The first-order chi connectivity index (χ1) is 16.5. The molecule has 34 heavy (non-hydrogen) atoms. The highest BCUT2D eigenvalue weighted by atomic mass is 32.2. The zero-order valence-electron chi connectivity index (χ0n) is 19.4. The summed E-state index contributed by atoms with van der Waals surface area (Å²) in [6, 6.07) is 23.1. The van der Waals surface area contributed by atoms with Gasteiger partial charge in [0.2, 0.25) is 0 Å². The molecule has 1 fully saturated rings. The molecule has 1 heterocycles. The zero-order chi connectivity index (χ0) is 24.1. The number of carbonyl (C=O) groups is 1. The van der Waals surface area contributed by atoms with Gasteiger partial charge in [-0.3, -0.25) is 9.10 Å². The number of hydrogen-bond donors (Lipinski definition) is 0. The van der Waals surface area contributed by atoms with Crippen molar-refractivity contribution < 1.29 is 17.9 Å². The van der Waals surface area contributed by atoms with Crippen LogP contribution in [0.3, 0.4) is 0 Å². The molecule has 4 rings (SSSR count). The van der Waals surface area contributed by atoms with Crippen molar-refractivity contribution in [3.05, 3.63) is 84.4 Å². The van der Waals surface area contributed by atoms with Gasteiger partial charge < -0.3 is 14.5 Å². The summed E-state index contributed by atoms with van der Waals surface area (Å²) in [5.41, 5.74) is 1.97. The van der Waals surface area contributed by atoms with Crippen molar-refractivity contribution in [1.29, 1.82) is 0 Å². The minimum absolute atomic E-state index is 0.108. The minimum atomic E-state index is -3.80. The standard InChI is InChI=1S/C26H29N3O4S/c1-3-29(22-11-5-4-6-12-22)34(31,32)23-13-9-10-21(20-23)26(30)28-18-16-27(17-19-28)24-14-7-8-15-25(24)33-2/h4-15,20H,3,16-19H2,1-2H3. The van der Waals surface area contributed by atoms with Gasteiger partial charge in [-0.15, -0.1) is 0 Å². The van der Waals surface area contributed by atoms with Gasteiger partial charge in [-0.1, -0.05) is 36.4 Å². The molecule has 0 atom stereocenters. The Balaban J connectivity index is 1.50. The van der Waals surface area contributed by atoms with Crippen LogP contribution in [0.2, 0.25) is 0 Å². The van der Waals surface area contributed by atoms with E-state index >= 15 is 0 Å². The summed E-state index contributed by atoms with van der Waals surface area (Å²) in [6.07, 6.45) is 0. The van der Waals surface area contributed by atoms with E-state index < -0.39 is 10.0 Å². The van der Waals surface area contributed by atoms with Crippen LogP contribution in [0.4, 0.5) is 11.4 Å². The number of methoxy groups -OCH3 is 1. The summed E-state index contributed by atoms with van der Waals surface area (Å²) in [6.45, 7) is 4.50. The van der Waals surface area contributed by atoms with E-state index in [0.29, 0.717) is 37.4 Å². The number of amides is 1. The van der Waals surface area contributed by atoms with Crippen LogP contribution in [0.1, 0.15) is 17.3 Å². The van der Waals surface area contributed by atoms with Crippen LogP contribution in [0.15, 0.2) is 83.8 Å². The quantitative estimate of drug-likeness (QED) is 0.515. The third-order valence-corrected chi connectivity index (χ3v) is 7.89. The number of hydrogen-bond acceptors (Lipinski definition) is 5. The summed E-state index contributed by atoms with van der Waals surface area (Å²) in [4.78, 5) is 17.3. The molecular weight excluding hydrogens is 450 g/mol. The Kier molecular flexibility index (Phi) is 7.07. The molecule has 0 aromatic heterocycles. The molecule has 0 aliphatic carbocycles. The zero-order valence-corrected chi connectivity index (χ0v) is 20.2. The van der Waals surface area contributed by atoms with Crippen LogP contribution in [-0.4, -0.2) is 59.1 Å². The third kappa shape index (κ3) is 4.72. The van der Waals surface area contributed by atoms with E-state index in [4.69, 9.17) is 4.74 Å². The topological polar surface area (TPSA) is 70.2 Å². The lowest BCUT2D eigenvalue weighted by Crippen LogP contribution is -2.48. The number of ether oxygens (including phenoxy) is 1. The van der Waals surface area contributed by atoms with E-state index in [9.17, 15) is 13.2 Å². The van der Waals surface area contributed by atoms with Crippen LogP contribution in [-0.2, 0) is 10.0 Å². The number of nitrogens with zero attached hydrogens (tertiary/aromatic N) is 3. The molecule has 7 nitrogen and oxygen atoms in total. The summed E-state index contributed by atoms with van der Waals surface area (Å²) in [5, 5.41) is 0. The van der Waals surface area contributed by atoms with Gasteiger partial charge in [0.1, 0.15) is 5.75 Å². The second-order valence-corrected chi connectivity index (χ2v) is 9.85. The largest absolute Gasteiger partial charge is 0.495 e. The van der Waals surface area contributed by atoms with Crippen LogP contribution in [0.5, 0.6) is 5.75 Å². The van der Waals surface area contributed by atoms with Gasteiger partial charge in [0.25, 0.3) is 15.9 Å². The molecule has 0 saturated carbocycles. The molecule has 0 spiro atoms. The third-order valence-electron chi connectivity index (χ3n) is 5.99. The first-order valence-electron chi connectivity index (χ1n) is 11.3. The fraction of sp³-hybridized carbons (Fsp3) is 0.269. The van der Waals surface area contributed by atoms with Crippen molar-refractivity contribution in [1.82, 2.24) is 4.90 Å². The van der Waals surface area contributed by atoms with E-state index in [1.807, 2.05) is 30.3 Å². The van der Waals surface area contributed by atoms with Gasteiger partial charge in [0.15, 0.2) is 0 Å². The van der Waals surface area contributed by atoms with E-state index in [1.165, 1.54) is 16.4 Å². The van der Waals surface area contributed by atoms with Crippen molar-refractivity contribution in [2.24, 2.45) is 0 Å². The molecule has 8 heteroatoms. The van der Waals surface area contributed by atoms with Crippen molar-refractivity contribution in [3.63, 3.8) is 0 Å². The SMILES string of the molecule is CCN(c1ccccc1)S(=O)(=O)c1cccc(C(=O)N2CCN(c3ccccc3OC)CC2)c1. The van der Waals surface area contributed by atoms with Crippen molar-refractivity contribution in [2.75, 3.05) is 49.0 Å². The molecule has 0 unspecified atom stereocenters. The summed E-state index contributed by atoms with van der Waals surface area (Å²) in [5.74, 6) is 0.638. The molecule has 178 valence electrons. The van der Waals surface area contributed by atoms with Crippen LogP contribution in [0.25, 0.3) is 0 Å². The Morgan fingerprint density at radius 1 is 0.912 bits per heavy atom. The molecule has 1 aliphatic rings. The summed E-state index contributed by atoms with van der Waals surface area (Å²) < 4.78 is 33.5. The molecule has 0 N–H and O–H groups in total. The number of rotatable bonds is 7. The average Bonchev–Trinajstić information content (AvgIpc) is 2.89. The lowest BCUT2D eigenvalue weighted by molar-refractivity contribution is 0.0746. The Bertz CT molecular complexity index is 1240. The number of benzene rings is 3. The summed E-state index contributed by atoms with van der Waals surface area (Å²) in [7, 11) is -2.15. The molecule has 3 aromatic rings. The number of anilines is 2. The van der Waals surface area contributed by atoms with E-state index in [-0.39, 0.29) is 17.3 Å². The van der Waals surface area contributed by atoms with Crippen LogP contribution in [0, 0.1) is 0 Å². The van der Waals surface area contributed by atoms with Gasteiger partial charge in [-0.05, 0) is 49.4 Å². The van der Waals surface area contributed by atoms with Crippen molar-refractivity contribution in [2.45, 2.75) is 11.8 Å². The number of sulfonamides is 1. The Hall–Kier alpha value is -3.52. The Labute approximate surface area is 201 Å². The smallest absolute Gasteiger partial charge is 0.264 e. The van der Waals surface area contributed by atoms with Gasteiger partial charge in [0.05, 0.1) is 23.4 Å². The van der Waals surface area contributed by atoms with E-state index in [2.05, 4.69) is 4.90 Å². The fourth-order valence-corrected chi connectivity index (χ4v) is 5.75. The predicted molar refractivity (Wildman–Crippen MR) is 134 cm³/mol. The van der Waals surface area contributed by atoms with Gasteiger partial charge in [-0.2, -0.15) is 0 Å². The van der Waals surface area contributed by atoms with E-state index in [0.717, 1.165) is 11.4 Å². The molecular formula is C26H29N3O4S. The number of carbonyl (C=O) groups excluding carboxylic acids is 1. The van der Waals surface area contributed by atoms with Gasteiger partial charge in [0, 0.05) is 38.3 Å². The Morgan fingerprint density at radius 2 is 1.59 bits per heavy atom. The molecule has 1 saturated heterocycles. The van der Waals surface area contributed by atoms with Crippen LogP contribution < -0.4 is 13.9 Å². The molecule has 0 bridgehead atoms. The highest BCUT2D eigenvalue weighted by Crippen LogP contribution is 2.29. The maximum atomic E-state index is 13.4. The monoisotopic (exact) mass is 479 g/mol. The second kappa shape index (κ2) is 10.2. The van der Waals surface area contributed by atoms with Gasteiger partial charge >= 0.3 is 0 Å². The summed E-state index contributed by atoms with van der Waals surface area (Å²) >= 11 is 0. The number of piperazine rings is 1. The predicted octanol–water partition coefficient (Wildman–Crippen LogP) is 3.87. The average molecular weight is 480 g/mol. The highest BCUT2D eigenvalue weighted by Gasteiger charge is 2.27. The molecule has 0 radical (unpaired) electrons. The first-order valence-corrected chi connectivity index (χ1v) is 12.7. The van der Waals surface area contributed by atoms with Crippen molar-refractivity contribution in [3.8, 4) is 5.75 Å². The maximum absolute atomic E-state index is 13.4. The van der Waals surface area contributed by atoms with E-state index in [1.54, 1.807) is 55.3 Å². The van der Waals surface area contributed by atoms with Crippen molar-refractivity contribution >= 4 is 27.3 Å². The Morgan fingerprint density at radius 3 is 2.26 bits per heavy atom. The first kappa shape index (κ1) is 23.6. The lowest BCUT2D eigenvalue weighted by atomic mass is 10.1. The maximum Gasteiger partial charge on any atom is 0.264 e. The van der Waals surface area contributed by atoms with Gasteiger partial charge in [-0.25, -0.2) is 8.42 Å².